The molecule has 0 spiro atoms. The van der Waals surface area contributed by atoms with E-state index in [2.05, 4.69) is 10.9 Å². The van der Waals surface area contributed by atoms with Gasteiger partial charge in [0.2, 0.25) is 0 Å². The van der Waals surface area contributed by atoms with E-state index in [1.54, 1.807) is 6.92 Å². The molecule has 0 heterocycles. The number of hydrogen-bond donors (Lipinski definition) is 2. The molecule has 15 heavy (non-hydrogen) atoms. The van der Waals surface area contributed by atoms with Gasteiger partial charge in [-0.05, 0) is 31.9 Å². The van der Waals surface area contributed by atoms with Crippen LogP contribution >= 0.6 is 0 Å². The first kappa shape index (κ1) is 11.4. The second kappa shape index (κ2) is 5.24. The molecule has 1 aromatic carbocycles. The van der Waals surface area contributed by atoms with Gasteiger partial charge < -0.3 is 4.74 Å². The molecule has 0 fully saturated rings. The third kappa shape index (κ3) is 3.16. The molecule has 0 radical (unpaired) electrons. The van der Waals surface area contributed by atoms with Gasteiger partial charge in [-0.25, -0.2) is 10.2 Å². The molecule has 1 amide bonds. The fraction of sp³-hybridized carbons (Fsp3) is 0.364. The summed E-state index contributed by atoms with van der Waals surface area (Å²) in [5, 5.41) is 0. The maximum atomic E-state index is 11.0. The zero-order chi connectivity index (χ0) is 11.3. The predicted octanol–water partition coefficient (Wildman–Crippen LogP) is 2.38. The van der Waals surface area contributed by atoms with Gasteiger partial charge >= 0.3 is 6.09 Å². The summed E-state index contributed by atoms with van der Waals surface area (Å²) >= 11 is 0. The largest absolute Gasteiger partial charge is 0.449 e. The van der Waals surface area contributed by atoms with Crippen molar-refractivity contribution in [2.75, 3.05) is 12.0 Å². The number of aryl methyl sites for hydroxylation is 2. The number of benzene rings is 1. The molecule has 0 saturated heterocycles. The van der Waals surface area contributed by atoms with E-state index >= 15 is 0 Å². The SMILES string of the molecule is CCOC(=O)NNc1c(C)cccc1C. The summed E-state index contributed by atoms with van der Waals surface area (Å²) in [5.74, 6) is 0. The molecular weight excluding hydrogens is 192 g/mol. The van der Waals surface area contributed by atoms with E-state index in [1.807, 2.05) is 32.0 Å². The molecule has 0 unspecified atom stereocenters. The van der Waals surface area contributed by atoms with Crippen molar-refractivity contribution in [2.24, 2.45) is 0 Å². The molecule has 4 heteroatoms. The van der Waals surface area contributed by atoms with Crippen LogP contribution in [0.1, 0.15) is 18.1 Å². The summed E-state index contributed by atoms with van der Waals surface area (Å²) in [7, 11) is 0. The highest BCUT2D eigenvalue weighted by atomic mass is 16.5. The first-order valence-corrected chi connectivity index (χ1v) is 4.90. The molecule has 0 atom stereocenters. The fourth-order valence-electron chi connectivity index (χ4n) is 1.29. The Morgan fingerprint density at radius 3 is 2.47 bits per heavy atom. The van der Waals surface area contributed by atoms with E-state index < -0.39 is 6.09 Å². The number of carbonyl (C=O) groups excluding carboxylic acids is 1. The molecule has 4 nitrogen and oxygen atoms in total. The summed E-state index contributed by atoms with van der Waals surface area (Å²) in [6, 6.07) is 5.92. The van der Waals surface area contributed by atoms with Crippen molar-refractivity contribution < 1.29 is 9.53 Å². The lowest BCUT2D eigenvalue weighted by atomic mass is 10.1. The molecule has 2 N–H and O–H groups in total. The van der Waals surface area contributed by atoms with Gasteiger partial charge in [0.15, 0.2) is 0 Å². The number of nitrogens with one attached hydrogen (secondary N) is 2. The predicted molar refractivity (Wildman–Crippen MR) is 59.7 cm³/mol. The summed E-state index contributed by atoms with van der Waals surface area (Å²) in [6.45, 7) is 6.07. The third-order valence-corrected chi connectivity index (χ3v) is 2.05. The second-order valence-electron chi connectivity index (χ2n) is 3.24. The van der Waals surface area contributed by atoms with Crippen molar-refractivity contribution in [2.45, 2.75) is 20.8 Å². The summed E-state index contributed by atoms with van der Waals surface area (Å²) in [5.41, 5.74) is 8.37. The monoisotopic (exact) mass is 208 g/mol. The zero-order valence-electron chi connectivity index (χ0n) is 9.26. The smallest absolute Gasteiger partial charge is 0.425 e. The number of carbonyl (C=O) groups is 1. The van der Waals surface area contributed by atoms with E-state index in [1.165, 1.54) is 0 Å². The number of amides is 1. The fourth-order valence-corrected chi connectivity index (χ4v) is 1.29. The lowest BCUT2D eigenvalue weighted by molar-refractivity contribution is 0.154. The highest BCUT2D eigenvalue weighted by Gasteiger charge is 2.03. The Morgan fingerprint density at radius 1 is 1.33 bits per heavy atom. The van der Waals surface area contributed by atoms with Crippen molar-refractivity contribution in [3.05, 3.63) is 29.3 Å². The Kier molecular flexibility index (Phi) is 3.97. The number of ether oxygens (including phenoxy) is 1. The summed E-state index contributed by atoms with van der Waals surface area (Å²) in [4.78, 5) is 11.0. The van der Waals surface area contributed by atoms with Gasteiger partial charge in [0.05, 0.1) is 12.3 Å². The van der Waals surface area contributed by atoms with E-state index in [0.29, 0.717) is 6.61 Å². The minimum Gasteiger partial charge on any atom is -0.449 e. The van der Waals surface area contributed by atoms with E-state index in [-0.39, 0.29) is 0 Å². The standard InChI is InChI=1S/C11H16N2O2/c1-4-15-11(14)13-12-10-8(2)6-5-7-9(10)3/h5-7,12H,4H2,1-3H3,(H,13,14). The highest BCUT2D eigenvalue weighted by molar-refractivity contribution is 5.70. The molecule has 1 rings (SSSR count). The zero-order valence-corrected chi connectivity index (χ0v) is 9.26. The molecular formula is C11H16N2O2. The van der Waals surface area contributed by atoms with Crippen LogP contribution in [0.4, 0.5) is 10.5 Å². The van der Waals surface area contributed by atoms with Gasteiger partial charge in [0, 0.05) is 0 Å². The van der Waals surface area contributed by atoms with Gasteiger partial charge in [-0.2, -0.15) is 0 Å². The average Bonchev–Trinajstić information content (AvgIpc) is 2.17. The molecule has 0 aliphatic carbocycles. The number of para-hydroxylation sites is 1. The van der Waals surface area contributed by atoms with Crippen molar-refractivity contribution in [3.63, 3.8) is 0 Å². The second-order valence-corrected chi connectivity index (χ2v) is 3.24. The Bertz CT molecular complexity index is 330. The Morgan fingerprint density at radius 2 is 1.93 bits per heavy atom. The van der Waals surface area contributed by atoms with E-state index in [9.17, 15) is 4.79 Å². The quantitative estimate of drug-likeness (QED) is 0.750. The van der Waals surface area contributed by atoms with Gasteiger partial charge in [0.25, 0.3) is 0 Å². The Hall–Kier alpha value is -1.71. The van der Waals surface area contributed by atoms with Crippen LogP contribution in [-0.2, 0) is 4.74 Å². The lowest BCUT2D eigenvalue weighted by Crippen LogP contribution is -2.30. The van der Waals surface area contributed by atoms with Gasteiger partial charge in [-0.3, -0.25) is 5.43 Å². The molecule has 0 aliphatic rings. The highest BCUT2D eigenvalue weighted by Crippen LogP contribution is 2.17. The molecule has 0 aliphatic heterocycles. The minimum atomic E-state index is -0.472. The number of hydrazine groups is 1. The average molecular weight is 208 g/mol. The first-order valence-electron chi connectivity index (χ1n) is 4.90. The summed E-state index contributed by atoms with van der Waals surface area (Å²) < 4.78 is 4.73. The van der Waals surface area contributed by atoms with Crippen molar-refractivity contribution in [1.29, 1.82) is 0 Å². The van der Waals surface area contributed by atoms with E-state index in [0.717, 1.165) is 16.8 Å². The third-order valence-electron chi connectivity index (χ3n) is 2.05. The van der Waals surface area contributed by atoms with Crippen LogP contribution in [0.5, 0.6) is 0 Å². The van der Waals surface area contributed by atoms with Crippen LogP contribution < -0.4 is 10.9 Å². The van der Waals surface area contributed by atoms with Crippen LogP contribution in [0.25, 0.3) is 0 Å². The van der Waals surface area contributed by atoms with E-state index in [4.69, 9.17) is 4.74 Å². The molecule has 0 bridgehead atoms. The Balaban J connectivity index is 2.61. The first-order chi connectivity index (χ1) is 7.15. The van der Waals surface area contributed by atoms with Crippen LogP contribution in [0.15, 0.2) is 18.2 Å². The van der Waals surface area contributed by atoms with Crippen LogP contribution in [-0.4, -0.2) is 12.7 Å². The maximum absolute atomic E-state index is 11.0. The molecule has 0 aromatic heterocycles. The Labute approximate surface area is 89.6 Å². The van der Waals surface area contributed by atoms with Crippen molar-refractivity contribution in [1.82, 2.24) is 5.43 Å². The minimum absolute atomic E-state index is 0.361. The lowest BCUT2D eigenvalue weighted by Gasteiger charge is -2.12. The van der Waals surface area contributed by atoms with Gasteiger partial charge in [-0.1, -0.05) is 18.2 Å². The number of anilines is 1. The summed E-state index contributed by atoms with van der Waals surface area (Å²) in [6.07, 6.45) is -0.472. The van der Waals surface area contributed by atoms with Gasteiger partial charge in [0.1, 0.15) is 0 Å². The van der Waals surface area contributed by atoms with Crippen molar-refractivity contribution >= 4 is 11.8 Å². The van der Waals surface area contributed by atoms with Crippen LogP contribution in [0, 0.1) is 13.8 Å². The topological polar surface area (TPSA) is 50.4 Å². The van der Waals surface area contributed by atoms with Crippen LogP contribution in [0.3, 0.4) is 0 Å². The maximum Gasteiger partial charge on any atom is 0.425 e. The molecule has 0 saturated carbocycles. The van der Waals surface area contributed by atoms with Crippen molar-refractivity contribution in [3.8, 4) is 0 Å². The van der Waals surface area contributed by atoms with Crippen LogP contribution in [0.2, 0.25) is 0 Å². The number of hydrogen-bond acceptors (Lipinski definition) is 3. The molecule has 82 valence electrons. The molecule has 1 aromatic rings. The normalized spacial score (nSPS) is 9.53. The number of rotatable bonds is 3. The van der Waals surface area contributed by atoms with Gasteiger partial charge in [-0.15, -0.1) is 0 Å².